The van der Waals surface area contributed by atoms with Crippen LogP contribution >= 0.6 is 0 Å². The van der Waals surface area contributed by atoms with Gasteiger partial charge in [0, 0.05) is 24.8 Å². The number of amides is 1. The Hall–Kier alpha value is -2.22. The summed E-state index contributed by atoms with van der Waals surface area (Å²) in [6, 6.07) is 1.38. The minimum absolute atomic E-state index is 0.122. The van der Waals surface area contributed by atoms with E-state index in [1.807, 2.05) is 0 Å². The first-order valence-electron chi connectivity index (χ1n) is 5.98. The average molecular weight is 263 g/mol. The average Bonchev–Trinajstić information content (AvgIpc) is 2.83. The number of hydrogen-bond acceptors (Lipinski definition) is 5. The van der Waals surface area contributed by atoms with Gasteiger partial charge in [0.05, 0.1) is 13.2 Å². The van der Waals surface area contributed by atoms with Crippen LogP contribution in [0.1, 0.15) is 16.3 Å². The fraction of sp³-hybridized carbons (Fsp3) is 0.455. The van der Waals surface area contributed by atoms with Gasteiger partial charge in [-0.1, -0.05) is 0 Å². The first-order chi connectivity index (χ1) is 9.15. The highest BCUT2D eigenvalue weighted by Gasteiger charge is 2.22. The Balaban J connectivity index is 1.99. The summed E-state index contributed by atoms with van der Waals surface area (Å²) < 4.78 is 6.35. The predicted molar refractivity (Wildman–Crippen MR) is 65.1 cm³/mol. The summed E-state index contributed by atoms with van der Waals surface area (Å²) in [5, 5.41) is 2.69. The number of fused-ring (bicyclic) bond motifs is 1. The van der Waals surface area contributed by atoms with E-state index in [0.717, 1.165) is 0 Å². The van der Waals surface area contributed by atoms with Crippen LogP contribution in [0.25, 0.3) is 5.78 Å². The van der Waals surface area contributed by atoms with Crippen molar-refractivity contribution < 1.29 is 9.53 Å². The van der Waals surface area contributed by atoms with E-state index in [4.69, 9.17) is 4.74 Å². The minimum Gasteiger partial charge on any atom is -0.378 e. The number of ether oxygens (including phenoxy) is 1. The van der Waals surface area contributed by atoms with Gasteiger partial charge in [-0.3, -0.25) is 14.7 Å². The lowest BCUT2D eigenvalue weighted by Crippen LogP contribution is -2.41. The predicted octanol–water partition coefficient (Wildman–Crippen LogP) is -0.802. The molecule has 1 N–H and O–H groups in total. The van der Waals surface area contributed by atoms with Gasteiger partial charge in [-0.05, 0) is 6.92 Å². The monoisotopic (exact) mass is 263 g/mol. The first-order valence-corrected chi connectivity index (χ1v) is 5.98. The molecule has 8 nitrogen and oxygen atoms in total. The van der Waals surface area contributed by atoms with Crippen LogP contribution in [0, 0.1) is 6.92 Å². The van der Waals surface area contributed by atoms with Gasteiger partial charge < -0.3 is 9.64 Å². The lowest BCUT2D eigenvalue weighted by molar-refractivity contribution is 0.0295. The second kappa shape index (κ2) is 4.47. The summed E-state index contributed by atoms with van der Waals surface area (Å²) in [5.74, 6) is 0.0876. The smallest absolute Gasteiger partial charge is 0.291 e. The molecule has 1 aliphatic rings. The molecule has 0 atom stereocenters. The van der Waals surface area contributed by atoms with Crippen LogP contribution in [0.4, 0.5) is 0 Å². The molecule has 19 heavy (non-hydrogen) atoms. The number of carbonyl (C=O) groups excluding carboxylic acids is 1. The van der Waals surface area contributed by atoms with E-state index in [0.29, 0.717) is 32.0 Å². The second-order valence-corrected chi connectivity index (χ2v) is 4.35. The van der Waals surface area contributed by atoms with Crippen molar-refractivity contribution in [1.82, 2.24) is 24.5 Å². The topological polar surface area (TPSA) is 92.6 Å². The standard InChI is InChI=1S/C11H13N5O3/c1-7-6-8(17)16-11(12-7)13-9(14-16)10(18)15-2-4-19-5-3-15/h6H,2-5H2,1H3,(H,12,13,14). The summed E-state index contributed by atoms with van der Waals surface area (Å²) >= 11 is 0. The summed E-state index contributed by atoms with van der Waals surface area (Å²) in [7, 11) is 0. The molecule has 0 saturated carbocycles. The van der Waals surface area contributed by atoms with Crippen molar-refractivity contribution in [2.75, 3.05) is 26.3 Å². The summed E-state index contributed by atoms with van der Waals surface area (Å²) in [6.07, 6.45) is 0. The Labute approximate surface area is 108 Å². The summed E-state index contributed by atoms with van der Waals surface area (Å²) in [6.45, 7) is 3.79. The lowest BCUT2D eigenvalue weighted by atomic mass is 10.4. The van der Waals surface area contributed by atoms with E-state index < -0.39 is 0 Å². The molecule has 0 spiro atoms. The van der Waals surface area contributed by atoms with Gasteiger partial charge in [0.1, 0.15) is 0 Å². The zero-order valence-electron chi connectivity index (χ0n) is 10.4. The quantitative estimate of drug-likeness (QED) is 0.727. The molecule has 0 bridgehead atoms. The molecule has 100 valence electrons. The highest BCUT2D eigenvalue weighted by molar-refractivity contribution is 5.90. The maximum Gasteiger partial charge on any atom is 0.291 e. The molecule has 2 aromatic rings. The fourth-order valence-corrected chi connectivity index (χ4v) is 2.00. The zero-order chi connectivity index (χ0) is 13.4. The summed E-state index contributed by atoms with van der Waals surface area (Å²) in [4.78, 5) is 33.7. The highest BCUT2D eigenvalue weighted by Crippen LogP contribution is 2.04. The van der Waals surface area contributed by atoms with Gasteiger partial charge in [0.2, 0.25) is 5.82 Å². The number of nitrogens with one attached hydrogen (secondary N) is 1. The third-order valence-corrected chi connectivity index (χ3v) is 2.96. The SMILES string of the molecule is Cc1cc(=O)n2[nH]c(C(=O)N3CCOCC3)nc2n1. The molecule has 0 unspecified atom stereocenters. The summed E-state index contributed by atoms with van der Waals surface area (Å²) in [5.41, 5.74) is 0.290. The third kappa shape index (κ3) is 2.10. The van der Waals surface area contributed by atoms with Crippen LogP contribution in [0.15, 0.2) is 10.9 Å². The number of aromatic amines is 1. The number of nitrogens with zero attached hydrogens (tertiary/aromatic N) is 4. The number of rotatable bonds is 1. The van der Waals surface area contributed by atoms with E-state index in [1.54, 1.807) is 11.8 Å². The zero-order valence-corrected chi connectivity index (χ0v) is 10.4. The van der Waals surface area contributed by atoms with Crippen molar-refractivity contribution in [3.05, 3.63) is 27.9 Å². The molecule has 1 aliphatic heterocycles. The van der Waals surface area contributed by atoms with E-state index in [2.05, 4.69) is 15.1 Å². The number of H-pyrrole nitrogens is 1. The molecule has 8 heteroatoms. The molecule has 2 aromatic heterocycles. The lowest BCUT2D eigenvalue weighted by Gasteiger charge is -2.25. The Morgan fingerprint density at radius 1 is 1.37 bits per heavy atom. The Kier molecular flexibility index (Phi) is 2.79. The van der Waals surface area contributed by atoms with Crippen molar-refractivity contribution in [3.63, 3.8) is 0 Å². The van der Waals surface area contributed by atoms with E-state index in [1.165, 1.54) is 10.6 Å². The fourth-order valence-electron chi connectivity index (χ4n) is 2.00. The third-order valence-electron chi connectivity index (χ3n) is 2.96. The van der Waals surface area contributed by atoms with Crippen molar-refractivity contribution in [2.24, 2.45) is 0 Å². The van der Waals surface area contributed by atoms with Crippen molar-refractivity contribution in [2.45, 2.75) is 6.92 Å². The van der Waals surface area contributed by atoms with Gasteiger partial charge in [0.15, 0.2) is 0 Å². The molecular weight excluding hydrogens is 250 g/mol. The molecule has 0 aliphatic carbocycles. The molecule has 1 saturated heterocycles. The first kappa shape index (κ1) is 11.8. The van der Waals surface area contributed by atoms with Crippen LogP contribution < -0.4 is 5.56 Å². The minimum atomic E-state index is -0.281. The van der Waals surface area contributed by atoms with Gasteiger partial charge in [-0.2, -0.15) is 9.50 Å². The van der Waals surface area contributed by atoms with Crippen molar-refractivity contribution >= 4 is 11.7 Å². The van der Waals surface area contributed by atoms with Crippen LogP contribution in [-0.4, -0.2) is 56.7 Å². The largest absolute Gasteiger partial charge is 0.378 e. The highest BCUT2D eigenvalue weighted by atomic mass is 16.5. The molecule has 0 aromatic carbocycles. The van der Waals surface area contributed by atoms with Crippen LogP contribution in [-0.2, 0) is 4.74 Å². The number of aryl methyl sites for hydroxylation is 1. The number of hydrogen-bond donors (Lipinski definition) is 1. The molecular formula is C11H13N5O3. The van der Waals surface area contributed by atoms with Crippen LogP contribution in [0.5, 0.6) is 0 Å². The van der Waals surface area contributed by atoms with Gasteiger partial charge in [0.25, 0.3) is 17.2 Å². The van der Waals surface area contributed by atoms with Gasteiger partial charge in [-0.25, -0.2) is 4.98 Å². The Morgan fingerprint density at radius 3 is 2.84 bits per heavy atom. The van der Waals surface area contributed by atoms with Crippen LogP contribution in [0.2, 0.25) is 0 Å². The maximum absolute atomic E-state index is 12.2. The van der Waals surface area contributed by atoms with E-state index >= 15 is 0 Å². The molecule has 3 rings (SSSR count). The van der Waals surface area contributed by atoms with Crippen molar-refractivity contribution in [1.29, 1.82) is 0 Å². The molecule has 1 fully saturated rings. The number of carbonyl (C=O) groups is 1. The Morgan fingerprint density at radius 2 is 2.11 bits per heavy atom. The van der Waals surface area contributed by atoms with E-state index in [9.17, 15) is 9.59 Å². The number of morpholine rings is 1. The van der Waals surface area contributed by atoms with Gasteiger partial charge >= 0.3 is 0 Å². The molecule has 3 heterocycles. The number of aromatic nitrogens is 4. The molecule has 0 radical (unpaired) electrons. The van der Waals surface area contributed by atoms with Crippen LogP contribution in [0.3, 0.4) is 0 Å². The van der Waals surface area contributed by atoms with E-state index in [-0.39, 0.29) is 23.1 Å². The van der Waals surface area contributed by atoms with Gasteiger partial charge in [-0.15, -0.1) is 0 Å². The van der Waals surface area contributed by atoms with Crippen molar-refractivity contribution in [3.8, 4) is 0 Å². The maximum atomic E-state index is 12.2. The Bertz CT molecular complexity index is 683. The normalized spacial score (nSPS) is 15.9. The second-order valence-electron chi connectivity index (χ2n) is 4.35. The molecule has 1 amide bonds.